The van der Waals surface area contributed by atoms with E-state index in [9.17, 15) is 4.79 Å². The first kappa shape index (κ1) is 13.1. The average molecular weight is 316 g/mol. The van der Waals surface area contributed by atoms with Crippen molar-refractivity contribution < 1.29 is 4.79 Å². The fourth-order valence-corrected chi connectivity index (χ4v) is 3.67. The third-order valence-electron chi connectivity index (χ3n) is 3.17. The first-order chi connectivity index (χ1) is 8.31. The Balaban J connectivity index is 1.86. The highest BCUT2D eigenvalue weighted by Gasteiger charge is 2.22. The minimum atomic E-state index is 0.204. The van der Waals surface area contributed by atoms with Gasteiger partial charge in [0.2, 0.25) is 5.91 Å². The van der Waals surface area contributed by atoms with Gasteiger partial charge in [0, 0.05) is 16.6 Å². The number of hydrogen-bond acceptors (Lipinski definition) is 2. The Hall–Kier alpha value is -0.350. The molecule has 0 radical (unpaired) electrons. The van der Waals surface area contributed by atoms with Crippen LogP contribution in [-0.2, 0) is 11.2 Å². The Labute approximate surface area is 115 Å². The molecule has 1 aromatic heterocycles. The van der Waals surface area contributed by atoms with Crippen LogP contribution in [0, 0.1) is 0 Å². The number of alkyl halides is 1. The summed E-state index contributed by atoms with van der Waals surface area (Å²) in [7, 11) is 0. The fraction of sp³-hybridized carbons (Fsp3) is 0.615. The van der Waals surface area contributed by atoms with Crippen molar-refractivity contribution in [3.63, 3.8) is 0 Å². The molecule has 1 aliphatic rings. The summed E-state index contributed by atoms with van der Waals surface area (Å²) in [5.74, 6) is 0.204. The Morgan fingerprint density at radius 1 is 1.53 bits per heavy atom. The van der Waals surface area contributed by atoms with Crippen molar-refractivity contribution in [2.24, 2.45) is 0 Å². The summed E-state index contributed by atoms with van der Waals surface area (Å²) in [5, 5.41) is 6.30. The second kappa shape index (κ2) is 6.55. The predicted molar refractivity (Wildman–Crippen MR) is 75.8 cm³/mol. The summed E-state index contributed by atoms with van der Waals surface area (Å²) < 4.78 is 0. The van der Waals surface area contributed by atoms with E-state index in [0.717, 1.165) is 24.6 Å². The fourth-order valence-electron chi connectivity index (χ4n) is 2.28. The number of carbonyl (C=O) groups excluding carboxylic acids is 1. The summed E-state index contributed by atoms with van der Waals surface area (Å²) in [6, 6.07) is 2.43. The molecule has 0 spiro atoms. The summed E-state index contributed by atoms with van der Waals surface area (Å²) in [5.41, 5.74) is 1.36. The van der Waals surface area contributed by atoms with Crippen LogP contribution < -0.4 is 5.32 Å². The van der Waals surface area contributed by atoms with Crippen LogP contribution >= 0.6 is 27.3 Å². The highest BCUT2D eigenvalue weighted by molar-refractivity contribution is 9.09. The summed E-state index contributed by atoms with van der Waals surface area (Å²) in [6.45, 7) is 0. The number of nitrogens with one attached hydrogen (secondary N) is 1. The molecule has 1 aromatic rings. The van der Waals surface area contributed by atoms with Crippen molar-refractivity contribution in [2.75, 3.05) is 5.33 Å². The summed E-state index contributed by atoms with van der Waals surface area (Å²) in [6.07, 6.45) is 6.17. The van der Waals surface area contributed by atoms with Crippen molar-refractivity contribution in [1.82, 2.24) is 5.32 Å². The van der Waals surface area contributed by atoms with Crippen LogP contribution in [0.5, 0.6) is 0 Å². The molecule has 17 heavy (non-hydrogen) atoms. The second-order valence-electron chi connectivity index (χ2n) is 4.46. The van der Waals surface area contributed by atoms with Gasteiger partial charge in [0.15, 0.2) is 0 Å². The lowest BCUT2D eigenvalue weighted by molar-refractivity contribution is -0.122. The van der Waals surface area contributed by atoms with E-state index in [1.54, 1.807) is 0 Å². The molecule has 1 aliphatic carbocycles. The molecule has 4 heteroatoms. The molecule has 1 amide bonds. The van der Waals surface area contributed by atoms with Crippen LogP contribution in [-0.4, -0.2) is 11.2 Å². The Morgan fingerprint density at radius 2 is 2.41 bits per heavy atom. The molecule has 2 nitrogen and oxygen atoms in total. The maximum Gasteiger partial charge on any atom is 0.220 e. The number of halogens is 1. The van der Waals surface area contributed by atoms with E-state index in [2.05, 4.69) is 32.7 Å². The standard InChI is InChI=1S/C13H18BrNOS/c14-8-2-1-6-13(16)15-11-4-3-5-12-10(11)7-9-17-12/h7,9,11H,1-6,8H2,(H,15,16). The van der Waals surface area contributed by atoms with Gasteiger partial charge in [0.05, 0.1) is 6.04 Å². The first-order valence-corrected chi connectivity index (χ1v) is 8.23. The Bertz CT molecular complexity index is 377. The number of carbonyl (C=O) groups is 1. The van der Waals surface area contributed by atoms with Crippen molar-refractivity contribution >= 4 is 33.2 Å². The van der Waals surface area contributed by atoms with Crippen LogP contribution in [0.3, 0.4) is 0 Å². The SMILES string of the molecule is O=C(CCCCBr)NC1CCCc2sccc21. The van der Waals surface area contributed by atoms with Gasteiger partial charge in [-0.3, -0.25) is 4.79 Å². The Morgan fingerprint density at radius 3 is 3.24 bits per heavy atom. The minimum absolute atomic E-state index is 0.204. The third kappa shape index (κ3) is 3.55. The predicted octanol–water partition coefficient (Wildman–Crippen LogP) is 3.81. The zero-order valence-electron chi connectivity index (χ0n) is 9.88. The van der Waals surface area contributed by atoms with Gasteiger partial charge < -0.3 is 5.32 Å². The molecule has 1 N–H and O–H groups in total. The zero-order chi connectivity index (χ0) is 12.1. The quantitative estimate of drug-likeness (QED) is 0.649. The Kier molecular flexibility index (Phi) is 5.04. The maximum absolute atomic E-state index is 11.8. The van der Waals surface area contributed by atoms with Crippen molar-refractivity contribution in [3.05, 3.63) is 21.9 Å². The third-order valence-corrected chi connectivity index (χ3v) is 4.73. The molecule has 0 aromatic carbocycles. The number of aryl methyl sites for hydroxylation is 1. The molecular weight excluding hydrogens is 298 g/mol. The molecule has 2 rings (SSSR count). The second-order valence-corrected chi connectivity index (χ2v) is 6.25. The molecule has 0 saturated carbocycles. The van der Waals surface area contributed by atoms with E-state index in [1.165, 1.54) is 23.3 Å². The monoisotopic (exact) mass is 315 g/mol. The van der Waals surface area contributed by atoms with E-state index in [4.69, 9.17) is 0 Å². The minimum Gasteiger partial charge on any atom is -0.349 e. The van der Waals surface area contributed by atoms with E-state index in [0.29, 0.717) is 6.42 Å². The lowest BCUT2D eigenvalue weighted by atomic mass is 9.94. The molecule has 1 unspecified atom stereocenters. The normalized spacial score (nSPS) is 18.8. The van der Waals surface area contributed by atoms with Crippen LogP contribution in [0.15, 0.2) is 11.4 Å². The van der Waals surface area contributed by atoms with Crippen LogP contribution in [0.2, 0.25) is 0 Å². The van der Waals surface area contributed by atoms with Gasteiger partial charge in [-0.15, -0.1) is 11.3 Å². The number of hydrogen-bond donors (Lipinski definition) is 1. The molecule has 0 bridgehead atoms. The number of fused-ring (bicyclic) bond motifs is 1. The molecule has 0 fully saturated rings. The number of thiophene rings is 1. The lowest BCUT2D eigenvalue weighted by Crippen LogP contribution is -2.30. The molecule has 1 atom stereocenters. The number of rotatable bonds is 5. The topological polar surface area (TPSA) is 29.1 Å². The van der Waals surface area contributed by atoms with Gasteiger partial charge in [-0.05, 0) is 49.1 Å². The van der Waals surface area contributed by atoms with Gasteiger partial charge in [0.25, 0.3) is 0 Å². The number of amides is 1. The maximum atomic E-state index is 11.8. The first-order valence-electron chi connectivity index (χ1n) is 6.23. The largest absolute Gasteiger partial charge is 0.349 e. The molecule has 1 heterocycles. The van der Waals surface area contributed by atoms with E-state index in [-0.39, 0.29) is 11.9 Å². The summed E-state index contributed by atoms with van der Waals surface area (Å²) in [4.78, 5) is 13.3. The smallest absolute Gasteiger partial charge is 0.220 e. The van der Waals surface area contributed by atoms with Crippen molar-refractivity contribution in [1.29, 1.82) is 0 Å². The van der Waals surface area contributed by atoms with E-state index >= 15 is 0 Å². The molecule has 0 aliphatic heterocycles. The highest BCUT2D eigenvalue weighted by atomic mass is 79.9. The summed E-state index contributed by atoms with van der Waals surface area (Å²) >= 11 is 5.20. The van der Waals surface area contributed by atoms with Crippen molar-refractivity contribution in [2.45, 2.75) is 44.6 Å². The van der Waals surface area contributed by atoms with E-state index in [1.807, 2.05) is 11.3 Å². The molecule has 0 saturated heterocycles. The van der Waals surface area contributed by atoms with Crippen molar-refractivity contribution in [3.8, 4) is 0 Å². The zero-order valence-corrected chi connectivity index (χ0v) is 12.3. The average Bonchev–Trinajstić information content (AvgIpc) is 2.78. The van der Waals surface area contributed by atoms with Gasteiger partial charge >= 0.3 is 0 Å². The van der Waals surface area contributed by atoms with Crippen LogP contribution in [0.4, 0.5) is 0 Å². The van der Waals surface area contributed by atoms with Gasteiger partial charge in [-0.25, -0.2) is 0 Å². The van der Waals surface area contributed by atoms with Crippen LogP contribution in [0.1, 0.15) is 48.6 Å². The van der Waals surface area contributed by atoms with Crippen LogP contribution in [0.25, 0.3) is 0 Å². The van der Waals surface area contributed by atoms with Gasteiger partial charge in [-0.2, -0.15) is 0 Å². The number of unbranched alkanes of at least 4 members (excludes halogenated alkanes) is 1. The van der Waals surface area contributed by atoms with Gasteiger partial charge in [-0.1, -0.05) is 15.9 Å². The van der Waals surface area contributed by atoms with E-state index < -0.39 is 0 Å². The van der Waals surface area contributed by atoms with Gasteiger partial charge in [0.1, 0.15) is 0 Å². The lowest BCUT2D eigenvalue weighted by Gasteiger charge is -2.23. The highest BCUT2D eigenvalue weighted by Crippen LogP contribution is 2.33. The molecular formula is C13H18BrNOS. The molecule has 94 valence electrons.